The molecule has 0 spiro atoms. The first-order chi connectivity index (χ1) is 13.3. The molecule has 1 atom stereocenters. The van der Waals surface area contributed by atoms with Crippen molar-refractivity contribution in [2.45, 2.75) is 30.8 Å². The highest BCUT2D eigenvalue weighted by Crippen LogP contribution is 2.13. The van der Waals surface area contributed by atoms with Crippen LogP contribution in [0.25, 0.3) is 0 Å². The largest absolute Gasteiger partial charge is 0.390 e. The molecule has 6 N–H and O–H groups in total. The molecule has 0 bridgehead atoms. The first kappa shape index (κ1) is 21.9. The van der Waals surface area contributed by atoms with Crippen LogP contribution in [0.3, 0.4) is 0 Å². The number of sulfone groups is 1. The van der Waals surface area contributed by atoms with Gasteiger partial charge < -0.3 is 21.5 Å². The number of aliphatic hydroxyl groups excluding tert-OH is 1. The molecule has 1 unspecified atom stereocenters. The van der Waals surface area contributed by atoms with Gasteiger partial charge >= 0.3 is 0 Å². The summed E-state index contributed by atoms with van der Waals surface area (Å²) in [5, 5.41) is 23.3. The monoisotopic (exact) mass is 404 g/mol. The maximum atomic E-state index is 12.4. The summed E-state index contributed by atoms with van der Waals surface area (Å²) < 4.78 is 24.7. The van der Waals surface area contributed by atoms with Gasteiger partial charge in [-0.05, 0) is 48.4 Å². The second-order valence-electron chi connectivity index (χ2n) is 6.63. The van der Waals surface area contributed by atoms with Gasteiger partial charge in [0.25, 0.3) is 0 Å². The number of anilines is 1. The van der Waals surface area contributed by atoms with Crippen molar-refractivity contribution in [1.82, 2.24) is 5.32 Å². The predicted molar refractivity (Wildman–Crippen MR) is 112 cm³/mol. The standard InChI is InChI=1S/C20H28N4O3S/c1-2-3-15-4-10-19(11-5-15)28(26,27)14-23-12-18(25)13-24-17-8-6-16(7-9-17)20(21)22/h4-11,18,23-25H,2-3,12-14H2,1H3,(H3,21,22). The van der Waals surface area contributed by atoms with Crippen LogP contribution < -0.4 is 16.4 Å². The number of amidine groups is 1. The molecule has 7 nitrogen and oxygen atoms in total. The molecule has 0 amide bonds. The SMILES string of the molecule is CCCc1ccc(S(=O)(=O)CNCC(O)CNc2ccc(C(=N)N)cc2)cc1. The van der Waals surface area contributed by atoms with E-state index in [1.54, 1.807) is 36.4 Å². The van der Waals surface area contributed by atoms with E-state index in [-0.39, 0.29) is 29.7 Å². The Morgan fingerprint density at radius 1 is 1.11 bits per heavy atom. The zero-order valence-electron chi connectivity index (χ0n) is 16.0. The molecule has 0 aliphatic rings. The Morgan fingerprint density at radius 3 is 2.32 bits per heavy atom. The number of aryl methyl sites for hydroxylation is 1. The van der Waals surface area contributed by atoms with Gasteiger partial charge in [-0.15, -0.1) is 0 Å². The van der Waals surface area contributed by atoms with E-state index in [1.165, 1.54) is 0 Å². The van der Waals surface area contributed by atoms with Crippen LogP contribution in [0.1, 0.15) is 24.5 Å². The summed E-state index contributed by atoms with van der Waals surface area (Å²) in [5.41, 5.74) is 7.93. The van der Waals surface area contributed by atoms with Crippen molar-refractivity contribution in [1.29, 1.82) is 5.41 Å². The molecule has 0 heterocycles. The lowest BCUT2D eigenvalue weighted by molar-refractivity contribution is 0.186. The first-order valence-corrected chi connectivity index (χ1v) is 10.9. The van der Waals surface area contributed by atoms with Crippen molar-refractivity contribution < 1.29 is 13.5 Å². The molecule has 28 heavy (non-hydrogen) atoms. The number of rotatable bonds is 11. The number of aliphatic hydroxyl groups is 1. The van der Waals surface area contributed by atoms with Crippen molar-refractivity contribution in [2.75, 3.05) is 24.3 Å². The number of hydrogen-bond donors (Lipinski definition) is 5. The van der Waals surface area contributed by atoms with Gasteiger partial charge in [-0.2, -0.15) is 0 Å². The average Bonchev–Trinajstić information content (AvgIpc) is 2.67. The van der Waals surface area contributed by atoms with Crippen LogP contribution in [0.4, 0.5) is 5.69 Å². The molecule has 0 radical (unpaired) electrons. The summed E-state index contributed by atoms with van der Waals surface area (Å²) in [5.74, 6) is -0.234. The number of nitrogens with one attached hydrogen (secondary N) is 3. The van der Waals surface area contributed by atoms with Crippen molar-refractivity contribution in [3.05, 3.63) is 59.7 Å². The normalized spacial score (nSPS) is 12.5. The van der Waals surface area contributed by atoms with E-state index in [9.17, 15) is 13.5 Å². The summed E-state index contributed by atoms with van der Waals surface area (Å²) in [6, 6.07) is 13.9. The van der Waals surface area contributed by atoms with Gasteiger partial charge in [0, 0.05) is 24.3 Å². The molecule has 0 saturated heterocycles. The Hall–Kier alpha value is -2.42. The van der Waals surface area contributed by atoms with Gasteiger partial charge in [-0.3, -0.25) is 5.41 Å². The Balaban J connectivity index is 1.77. The van der Waals surface area contributed by atoms with Gasteiger partial charge in [0.2, 0.25) is 0 Å². The lowest BCUT2D eigenvalue weighted by atomic mass is 10.1. The Labute approximate surface area is 166 Å². The van der Waals surface area contributed by atoms with Crippen molar-refractivity contribution in [3.8, 4) is 0 Å². The maximum Gasteiger partial charge on any atom is 0.191 e. The van der Waals surface area contributed by atoms with Crippen LogP contribution in [-0.2, 0) is 16.3 Å². The highest BCUT2D eigenvalue weighted by atomic mass is 32.2. The number of nitrogen functional groups attached to an aromatic ring is 1. The quantitative estimate of drug-likeness (QED) is 0.286. The lowest BCUT2D eigenvalue weighted by Crippen LogP contribution is -2.35. The summed E-state index contributed by atoms with van der Waals surface area (Å²) in [7, 11) is -3.44. The lowest BCUT2D eigenvalue weighted by Gasteiger charge is -2.14. The zero-order chi connectivity index (χ0) is 20.6. The third-order valence-corrected chi connectivity index (χ3v) is 5.81. The molecule has 8 heteroatoms. The van der Waals surface area contributed by atoms with E-state index in [4.69, 9.17) is 11.1 Å². The number of hydrogen-bond acceptors (Lipinski definition) is 6. The second kappa shape index (κ2) is 10.2. The van der Waals surface area contributed by atoms with E-state index in [0.717, 1.165) is 24.1 Å². The van der Waals surface area contributed by atoms with Crippen LogP contribution in [0.2, 0.25) is 0 Å². The molecule has 2 rings (SSSR count). The highest BCUT2D eigenvalue weighted by molar-refractivity contribution is 7.91. The molecule has 2 aromatic rings. The molecule has 0 fully saturated rings. The molecule has 0 aliphatic heterocycles. The van der Waals surface area contributed by atoms with Crippen molar-refractivity contribution in [3.63, 3.8) is 0 Å². The van der Waals surface area contributed by atoms with E-state index >= 15 is 0 Å². The first-order valence-electron chi connectivity index (χ1n) is 9.20. The van der Waals surface area contributed by atoms with Gasteiger partial charge in [0.1, 0.15) is 11.7 Å². The fourth-order valence-corrected chi connectivity index (χ4v) is 3.77. The summed E-state index contributed by atoms with van der Waals surface area (Å²) >= 11 is 0. The molecule has 0 aromatic heterocycles. The van der Waals surface area contributed by atoms with Gasteiger partial charge in [0.05, 0.1) is 11.0 Å². The van der Waals surface area contributed by atoms with Gasteiger partial charge in [-0.1, -0.05) is 25.5 Å². The molecule has 2 aromatic carbocycles. The molecular weight excluding hydrogens is 376 g/mol. The third-order valence-electron chi connectivity index (χ3n) is 4.23. The Bertz CT molecular complexity index is 865. The maximum absolute atomic E-state index is 12.4. The average molecular weight is 405 g/mol. The van der Waals surface area contributed by atoms with E-state index in [1.807, 2.05) is 12.1 Å². The molecular formula is C20H28N4O3S. The summed E-state index contributed by atoms with van der Waals surface area (Å²) in [6.45, 7) is 2.49. The Kier molecular flexibility index (Phi) is 7.98. The minimum atomic E-state index is -3.44. The predicted octanol–water partition coefficient (Wildman–Crippen LogP) is 1.72. The number of nitrogens with two attached hydrogens (primary N) is 1. The molecule has 0 saturated carbocycles. The Morgan fingerprint density at radius 2 is 1.75 bits per heavy atom. The summed E-state index contributed by atoms with van der Waals surface area (Å²) in [6.07, 6.45) is 1.19. The number of benzene rings is 2. The third kappa shape index (κ3) is 6.63. The van der Waals surface area contributed by atoms with Crippen LogP contribution >= 0.6 is 0 Å². The topological polar surface area (TPSA) is 128 Å². The fraction of sp³-hybridized carbons (Fsp3) is 0.350. The van der Waals surface area contributed by atoms with Crippen LogP contribution in [-0.4, -0.2) is 44.4 Å². The molecule has 0 aliphatic carbocycles. The van der Waals surface area contributed by atoms with E-state index in [2.05, 4.69) is 17.6 Å². The van der Waals surface area contributed by atoms with Crippen molar-refractivity contribution in [2.24, 2.45) is 5.73 Å². The van der Waals surface area contributed by atoms with Gasteiger partial charge in [0.15, 0.2) is 9.84 Å². The minimum Gasteiger partial charge on any atom is -0.390 e. The van der Waals surface area contributed by atoms with Crippen LogP contribution in [0, 0.1) is 5.41 Å². The van der Waals surface area contributed by atoms with E-state index < -0.39 is 15.9 Å². The van der Waals surface area contributed by atoms with E-state index in [0.29, 0.717) is 5.56 Å². The van der Waals surface area contributed by atoms with Crippen LogP contribution in [0.5, 0.6) is 0 Å². The summed E-state index contributed by atoms with van der Waals surface area (Å²) in [4.78, 5) is 0.276. The smallest absolute Gasteiger partial charge is 0.191 e. The second-order valence-corrected chi connectivity index (χ2v) is 8.62. The van der Waals surface area contributed by atoms with Crippen molar-refractivity contribution >= 4 is 21.4 Å². The van der Waals surface area contributed by atoms with Gasteiger partial charge in [-0.25, -0.2) is 8.42 Å². The minimum absolute atomic E-state index is 0.00278. The fourth-order valence-electron chi connectivity index (χ4n) is 2.67. The highest BCUT2D eigenvalue weighted by Gasteiger charge is 2.14. The van der Waals surface area contributed by atoms with Crippen LogP contribution in [0.15, 0.2) is 53.4 Å². The molecule has 152 valence electrons. The zero-order valence-corrected chi connectivity index (χ0v) is 16.8.